The molecule has 2 atom stereocenters. The summed E-state index contributed by atoms with van der Waals surface area (Å²) in [5.74, 6) is -0.0909. The number of amides is 1. The first-order chi connectivity index (χ1) is 9.54. The van der Waals surface area contributed by atoms with Gasteiger partial charge in [-0.1, -0.05) is 36.7 Å². The molecule has 0 N–H and O–H groups in total. The summed E-state index contributed by atoms with van der Waals surface area (Å²) in [5.41, 5.74) is -1.27. The molecule has 2 unspecified atom stereocenters. The van der Waals surface area contributed by atoms with E-state index in [-0.39, 0.29) is 6.04 Å². The van der Waals surface area contributed by atoms with E-state index in [0.717, 1.165) is 17.4 Å². The maximum absolute atomic E-state index is 13.1. The Morgan fingerprint density at radius 3 is 2.75 bits per heavy atom. The van der Waals surface area contributed by atoms with Crippen LogP contribution >= 0.6 is 11.6 Å². The molecule has 108 valence electrons. The van der Waals surface area contributed by atoms with Gasteiger partial charge in [0.05, 0.1) is 6.04 Å². The van der Waals surface area contributed by atoms with E-state index < -0.39 is 11.5 Å². The summed E-state index contributed by atoms with van der Waals surface area (Å²) < 4.78 is 18.8. The Bertz CT molecular complexity index is 563. The van der Waals surface area contributed by atoms with Crippen LogP contribution in [-0.2, 0) is 4.79 Å². The molecule has 0 spiro atoms. The third-order valence-electron chi connectivity index (χ3n) is 3.26. The highest BCUT2D eigenvalue weighted by Crippen LogP contribution is 2.28. The second-order valence-electron chi connectivity index (χ2n) is 4.69. The quantitative estimate of drug-likeness (QED) is 0.772. The van der Waals surface area contributed by atoms with Gasteiger partial charge in [0.15, 0.2) is 0 Å². The maximum atomic E-state index is 13.1. The highest BCUT2D eigenvalue weighted by molar-refractivity contribution is 6.29. The number of hydrogen-bond donors (Lipinski definition) is 0. The molecule has 5 heteroatoms. The lowest BCUT2D eigenvalue weighted by molar-refractivity contribution is -0.136. The topological polar surface area (TPSA) is 33.5 Å². The van der Waals surface area contributed by atoms with Crippen molar-refractivity contribution in [2.45, 2.75) is 31.9 Å². The fourth-order valence-corrected chi connectivity index (χ4v) is 2.35. The van der Waals surface area contributed by atoms with Gasteiger partial charge in [-0.15, -0.1) is 0 Å². The minimum atomic E-state index is -2.02. The third kappa shape index (κ3) is 2.96. The summed E-state index contributed by atoms with van der Waals surface area (Å²) in [4.78, 5) is 13.3. The number of nitrogens with zero attached hydrogens (tertiary/aromatic N) is 1. The smallest absolute Gasteiger partial charge is 0.273 e. The molecule has 1 aromatic carbocycles. The van der Waals surface area contributed by atoms with Gasteiger partial charge in [-0.05, 0) is 25.5 Å². The molecule has 0 aliphatic carbocycles. The van der Waals surface area contributed by atoms with Crippen molar-refractivity contribution in [3.63, 3.8) is 0 Å². The largest absolute Gasteiger partial charge is 0.459 e. The van der Waals surface area contributed by atoms with Crippen LogP contribution in [0.2, 0.25) is 0 Å². The van der Waals surface area contributed by atoms with Crippen molar-refractivity contribution in [2.24, 2.45) is 0 Å². The van der Waals surface area contributed by atoms with Crippen molar-refractivity contribution in [1.29, 1.82) is 0 Å². The van der Waals surface area contributed by atoms with E-state index >= 15 is 0 Å². The molecule has 1 heterocycles. The third-order valence-corrected chi connectivity index (χ3v) is 3.44. The van der Waals surface area contributed by atoms with Crippen molar-refractivity contribution in [3.05, 3.63) is 36.1 Å². The fraction of sp³-hybridized carbons (Fsp3) is 0.400. The molecular weight excluding hydrogens is 281 g/mol. The highest BCUT2D eigenvalue weighted by atomic mass is 35.5. The summed E-state index contributed by atoms with van der Waals surface area (Å²) in [6.45, 7) is 4.17. The van der Waals surface area contributed by atoms with Crippen LogP contribution in [-0.4, -0.2) is 23.0 Å². The normalized spacial score (nSPS) is 14.2. The minimum absolute atomic E-state index is 0.355. The van der Waals surface area contributed by atoms with Crippen LogP contribution in [0, 0.1) is 0 Å². The van der Waals surface area contributed by atoms with Crippen LogP contribution in [0.4, 0.5) is 4.39 Å². The molecule has 1 aromatic heterocycles. The van der Waals surface area contributed by atoms with E-state index in [1.807, 2.05) is 44.2 Å². The number of carbonyl (C=O) groups is 1. The van der Waals surface area contributed by atoms with Crippen molar-refractivity contribution < 1.29 is 13.6 Å². The Balaban J connectivity index is 2.30. The lowest BCUT2D eigenvalue weighted by atomic mass is 10.2. The van der Waals surface area contributed by atoms with E-state index in [4.69, 9.17) is 16.0 Å². The van der Waals surface area contributed by atoms with Crippen LogP contribution in [0.1, 0.15) is 32.1 Å². The molecule has 0 radical (unpaired) electrons. The van der Waals surface area contributed by atoms with E-state index in [0.29, 0.717) is 12.3 Å². The van der Waals surface area contributed by atoms with Crippen molar-refractivity contribution in [1.82, 2.24) is 4.90 Å². The second-order valence-corrected chi connectivity index (χ2v) is 5.08. The lowest BCUT2D eigenvalue weighted by Crippen LogP contribution is -2.37. The van der Waals surface area contributed by atoms with Gasteiger partial charge in [0.25, 0.3) is 11.5 Å². The number of fused-ring (bicyclic) bond motifs is 1. The first-order valence-electron chi connectivity index (χ1n) is 6.61. The number of hydrogen-bond acceptors (Lipinski definition) is 2. The van der Waals surface area contributed by atoms with Gasteiger partial charge in [0.1, 0.15) is 11.3 Å². The summed E-state index contributed by atoms with van der Waals surface area (Å²) in [5, 5.41) is 0.959. The molecule has 0 aliphatic rings. The standard InChI is InChI=1S/C15H17ClFNO2/c1-3-8-18(15(19)14(16)17)10(2)13-9-11-6-4-5-7-12(11)20-13/h4-7,9-10,14H,3,8H2,1-2H3. The minimum Gasteiger partial charge on any atom is -0.459 e. The average Bonchev–Trinajstić information content (AvgIpc) is 2.87. The SMILES string of the molecule is CCCN(C(=O)C(F)Cl)C(C)c1cc2ccccc2o1. The summed E-state index contributed by atoms with van der Waals surface area (Å²) >= 11 is 5.28. The number of rotatable bonds is 5. The molecule has 0 fully saturated rings. The van der Waals surface area contributed by atoms with Gasteiger partial charge in [-0.2, -0.15) is 0 Å². The number of para-hydroxylation sites is 1. The first-order valence-corrected chi connectivity index (χ1v) is 7.05. The second kappa shape index (κ2) is 6.27. The summed E-state index contributed by atoms with van der Waals surface area (Å²) in [6, 6.07) is 9.10. The monoisotopic (exact) mass is 297 g/mol. The number of alkyl halides is 2. The van der Waals surface area contributed by atoms with Gasteiger partial charge >= 0.3 is 0 Å². The van der Waals surface area contributed by atoms with Crippen molar-refractivity contribution in [3.8, 4) is 0 Å². The molecule has 3 nitrogen and oxygen atoms in total. The van der Waals surface area contributed by atoms with Crippen LogP contribution < -0.4 is 0 Å². The molecule has 0 saturated carbocycles. The van der Waals surface area contributed by atoms with Gasteiger partial charge in [-0.25, -0.2) is 4.39 Å². The van der Waals surface area contributed by atoms with Crippen molar-refractivity contribution in [2.75, 3.05) is 6.54 Å². The van der Waals surface area contributed by atoms with E-state index in [1.54, 1.807) is 0 Å². The molecular formula is C15H17ClFNO2. The van der Waals surface area contributed by atoms with Crippen LogP contribution in [0.15, 0.2) is 34.7 Å². The van der Waals surface area contributed by atoms with Crippen LogP contribution in [0.5, 0.6) is 0 Å². The Hall–Kier alpha value is -1.55. The number of halogens is 2. The van der Waals surface area contributed by atoms with Gasteiger partial charge in [0, 0.05) is 11.9 Å². The van der Waals surface area contributed by atoms with Gasteiger partial charge in [0.2, 0.25) is 0 Å². The number of carbonyl (C=O) groups excluding carboxylic acids is 1. The van der Waals surface area contributed by atoms with Gasteiger partial charge < -0.3 is 9.32 Å². The molecule has 0 bridgehead atoms. The molecule has 0 aliphatic heterocycles. The number of benzene rings is 1. The van der Waals surface area contributed by atoms with E-state index in [2.05, 4.69) is 0 Å². The molecule has 2 rings (SSSR count). The summed E-state index contributed by atoms with van der Waals surface area (Å²) in [6.07, 6.45) is 0.722. The fourth-order valence-electron chi connectivity index (χ4n) is 2.22. The van der Waals surface area contributed by atoms with Crippen molar-refractivity contribution >= 4 is 28.5 Å². The zero-order valence-corrected chi connectivity index (χ0v) is 12.2. The van der Waals surface area contributed by atoms with Crippen LogP contribution in [0.25, 0.3) is 11.0 Å². The van der Waals surface area contributed by atoms with Gasteiger partial charge in [-0.3, -0.25) is 4.79 Å². The predicted molar refractivity (Wildman–Crippen MR) is 77.4 cm³/mol. The molecule has 0 saturated heterocycles. The zero-order valence-electron chi connectivity index (χ0n) is 11.5. The Morgan fingerprint density at radius 2 is 2.15 bits per heavy atom. The van der Waals surface area contributed by atoms with Crippen LogP contribution in [0.3, 0.4) is 0 Å². The Kier molecular flexibility index (Phi) is 4.65. The molecule has 20 heavy (non-hydrogen) atoms. The van der Waals surface area contributed by atoms with E-state index in [1.165, 1.54) is 4.90 Å². The highest BCUT2D eigenvalue weighted by Gasteiger charge is 2.28. The maximum Gasteiger partial charge on any atom is 0.273 e. The average molecular weight is 298 g/mol. The Labute approximate surface area is 122 Å². The zero-order chi connectivity index (χ0) is 14.7. The predicted octanol–water partition coefficient (Wildman–Crippen LogP) is 4.27. The van der Waals surface area contributed by atoms with E-state index in [9.17, 15) is 9.18 Å². The molecule has 1 amide bonds. The summed E-state index contributed by atoms with van der Waals surface area (Å²) in [7, 11) is 0. The lowest BCUT2D eigenvalue weighted by Gasteiger charge is -2.27. The first kappa shape index (κ1) is 14.9. The Morgan fingerprint density at radius 1 is 1.45 bits per heavy atom. The number of furan rings is 1. The molecule has 2 aromatic rings.